The van der Waals surface area contributed by atoms with Gasteiger partial charge in [-0.25, -0.2) is 4.39 Å². The van der Waals surface area contributed by atoms with Gasteiger partial charge in [0, 0.05) is 24.7 Å². The van der Waals surface area contributed by atoms with Gasteiger partial charge in [0.15, 0.2) is 5.50 Å². The van der Waals surface area contributed by atoms with Crippen molar-refractivity contribution in [3.05, 3.63) is 46.2 Å². The number of amides is 2. The summed E-state index contributed by atoms with van der Waals surface area (Å²) in [6.07, 6.45) is 4.35. The van der Waals surface area contributed by atoms with Crippen LogP contribution >= 0.6 is 11.8 Å². The second-order valence-electron chi connectivity index (χ2n) is 7.67. The van der Waals surface area contributed by atoms with E-state index in [0.29, 0.717) is 23.9 Å². The molecule has 144 valence electrons. The van der Waals surface area contributed by atoms with Crippen molar-refractivity contribution >= 4 is 23.6 Å². The van der Waals surface area contributed by atoms with E-state index >= 15 is 0 Å². The molecule has 4 rings (SSSR count). The minimum absolute atomic E-state index is 0.101. The van der Waals surface area contributed by atoms with E-state index in [2.05, 4.69) is 0 Å². The fraction of sp³-hybridized carbons (Fsp3) is 0.500. The van der Waals surface area contributed by atoms with Crippen LogP contribution in [0.1, 0.15) is 38.2 Å². The van der Waals surface area contributed by atoms with Gasteiger partial charge in [0.25, 0.3) is 5.91 Å². The molecular formula is C20H24FN3O2S. The van der Waals surface area contributed by atoms with Gasteiger partial charge in [-0.05, 0) is 43.4 Å². The molecule has 2 unspecified atom stereocenters. The molecule has 0 aromatic heterocycles. The molecule has 2 fully saturated rings. The second-order valence-corrected chi connectivity index (χ2v) is 8.74. The number of hydrogen-bond acceptors (Lipinski definition) is 4. The van der Waals surface area contributed by atoms with Crippen LogP contribution in [0.2, 0.25) is 0 Å². The second kappa shape index (κ2) is 7.19. The summed E-state index contributed by atoms with van der Waals surface area (Å²) in [6, 6.07) is 6.31. The molecule has 2 N–H and O–H groups in total. The maximum Gasteiger partial charge on any atom is 0.257 e. The number of primary amides is 1. The van der Waals surface area contributed by atoms with Crippen LogP contribution < -0.4 is 5.73 Å². The molecule has 7 heteroatoms. The largest absolute Gasteiger partial charge is 0.365 e. The predicted octanol–water partition coefficient (Wildman–Crippen LogP) is 3.02. The summed E-state index contributed by atoms with van der Waals surface area (Å²) in [5, 5.41) is 0. The average Bonchev–Trinajstić information content (AvgIpc) is 3.31. The third kappa shape index (κ3) is 3.70. The molecule has 0 bridgehead atoms. The number of halogens is 1. The van der Waals surface area contributed by atoms with Crippen LogP contribution in [0.5, 0.6) is 0 Å². The van der Waals surface area contributed by atoms with Gasteiger partial charge in [0.05, 0.1) is 4.91 Å². The van der Waals surface area contributed by atoms with Gasteiger partial charge in [-0.1, -0.05) is 36.7 Å². The number of allylic oxidation sites excluding steroid dienone is 1. The number of rotatable bonds is 6. The Balaban J connectivity index is 1.55. The van der Waals surface area contributed by atoms with Crippen LogP contribution in [0.15, 0.2) is 34.9 Å². The highest BCUT2D eigenvalue weighted by Gasteiger charge is 2.44. The zero-order valence-electron chi connectivity index (χ0n) is 15.4. The zero-order chi connectivity index (χ0) is 19.1. The van der Waals surface area contributed by atoms with Crippen molar-refractivity contribution < 1.29 is 14.0 Å². The van der Waals surface area contributed by atoms with Gasteiger partial charge in [0.2, 0.25) is 5.91 Å². The molecule has 2 atom stereocenters. The van der Waals surface area contributed by atoms with Crippen LogP contribution in [0.25, 0.3) is 0 Å². The van der Waals surface area contributed by atoms with Crippen molar-refractivity contribution in [1.82, 2.24) is 9.80 Å². The number of thioether (sulfide) groups is 1. The van der Waals surface area contributed by atoms with Gasteiger partial charge < -0.3 is 15.5 Å². The highest BCUT2D eigenvalue weighted by molar-refractivity contribution is 8.04. The van der Waals surface area contributed by atoms with E-state index < -0.39 is 5.91 Å². The van der Waals surface area contributed by atoms with Gasteiger partial charge in [0.1, 0.15) is 5.82 Å². The van der Waals surface area contributed by atoms with E-state index in [1.165, 1.54) is 36.7 Å². The molecule has 0 radical (unpaired) electrons. The van der Waals surface area contributed by atoms with Gasteiger partial charge in [-0.2, -0.15) is 0 Å². The lowest BCUT2D eigenvalue weighted by Gasteiger charge is -2.34. The third-order valence-corrected chi connectivity index (χ3v) is 7.12. The molecular weight excluding hydrogens is 365 g/mol. The predicted molar refractivity (Wildman–Crippen MR) is 102 cm³/mol. The van der Waals surface area contributed by atoms with Crippen LogP contribution in [0, 0.1) is 17.7 Å². The SMILES string of the molecule is CC1=C(C(N)=O)SC(N2CCC(CC3CC3)C2=O)N1Cc1ccc(F)cc1. The number of nitrogens with two attached hydrogens (primary N) is 1. The first-order valence-electron chi connectivity index (χ1n) is 9.43. The standard InChI is InChI=1S/C20H24FN3O2S/c1-12-17(18(22)25)27-20(24(12)11-14-4-6-16(21)7-5-14)23-9-8-15(19(23)26)10-13-2-3-13/h4-7,13,15,20H,2-3,8-11H2,1H3,(H2,22,25). The van der Waals surface area contributed by atoms with E-state index in [9.17, 15) is 14.0 Å². The summed E-state index contributed by atoms with van der Waals surface area (Å²) < 4.78 is 13.2. The number of carbonyl (C=O) groups is 2. The lowest BCUT2D eigenvalue weighted by Crippen LogP contribution is -2.44. The van der Waals surface area contributed by atoms with E-state index in [0.717, 1.165) is 24.1 Å². The quantitative estimate of drug-likeness (QED) is 0.812. The van der Waals surface area contributed by atoms with Crippen molar-refractivity contribution in [2.75, 3.05) is 6.54 Å². The Labute approximate surface area is 162 Å². The maximum atomic E-state index is 13.2. The van der Waals surface area contributed by atoms with Crippen LogP contribution in [0.3, 0.4) is 0 Å². The molecule has 27 heavy (non-hydrogen) atoms. The van der Waals surface area contributed by atoms with Crippen molar-refractivity contribution in [2.45, 2.75) is 44.6 Å². The summed E-state index contributed by atoms with van der Waals surface area (Å²) in [4.78, 5) is 29.3. The fourth-order valence-corrected chi connectivity index (χ4v) is 5.27. The normalized spacial score (nSPS) is 25.6. The molecule has 1 aromatic carbocycles. The first-order valence-corrected chi connectivity index (χ1v) is 10.3. The molecule has 1 saturated carbocycles. The van der Waals surface area contributed by atoms with Crippen molar-refractivity contribution in [3.63, 3.8) is 0 Å². The number of hydrogen-bond donors (Lipinski definition) is 1. The molecule has 1 aliphatic carbocycles. The molecule has 3 aliphatic rings. The summed E-state index contributed by atoms with van der Waals surface area (Å²) in [5.74, 6) is 0.247. The van der Waals surface area contributed by atoms with Crippen molar-refractivity contribution in [3.8, 4) is 0 Å². The lowest BCUT2D eigenvalue weighted by atomic mass is 10.0. The fourth-order valence-electron chi connectivity index (χ4n) is 3.96. The Morgan fingerprint density at radius 2 is 1.96 bits per heavy atom. The highest BCUT2D eigenvalue weighted by atomic mass is 32.2. The summed E-state index contributed by atoms with van der Waals surface area (Å²) in [5.41, 5.74) is 7.00. The average molecular weight is 389 g/mol. The van der Waals surface area contributed by atoms with Crippen molar-refractivity contribution in [1.29, 1.82) is 0 Å². The molecule has 0 spiro atoms. The Hall–Kier alpha value is -2.02. The first-order chi connectivity index (χ1) is 12.9. The Kier molecular flexibility index (Phi) is 4.88. The molecule has 1 saturated heterocycles. The Morgan fingerprint density at radius 1 is 1.26 bits per heavy atom. The molecule has 2 heterocycles. The van der Waals surface area contributed by atoms with Gasteiger partial charge >= 0.3 is 0 Å². The Morgan fingerprint density at radius 3 is 2.59 bits per heavy atom. The first kappa shape index (κ1) is 18.3. The van der Waals surface area contributed by atoms with Crippen molar-refractivity contribution in [2.24, 2.45) is 17.6 Å². The monoisotopic (exact) mass is 389 g/mol. The molecule has 1 aromatic rings. The minimum Gasteiger partial charge on any atom is -0.365 e. The molecule has 2 aliphatic heterocycles. The summed E-state index contributed by atoms with van der Waals surface area (Å²) in [7, 11) is 0. The van der Waals surface area contributed by atoms with E-state index in [1.807, 2.05) is 16.7 Å². The van der Waals surface area contributed by atoms with Gasteiger partial charge in [-0.3, -0.25) is 9.59 Å². The smallest absolute Gasteiger partial charge is 0.257 e. The molecule has 5 nitrogen and oxygen atoms in total. The molecule has 2 amide bonds. The van der Waals surface area contributed by atoms with E-state index in [4.69, 9.17) is 5.73 Å². The van der Waals surface area contributed by atoms with Crippen LogP contribution in [0.4, 0.5) is 4.39 Å². The minimum atomic E-state index is -0.467. The van der Waals surface area contributed by atoms with E-state index in [-0.39, 0.29) is 23.1 Å². The lowest BCUT2D eigenvalue weighted by molar-refractivity contribution is -0.133. The maximum absolute atomic E-state index is 13.2. The number of benzene rings is 1. The van der Waals surface area contributed by atoms with E-state index in [1.54, 1.807) is 12.1 Å². The topological polar surface area (TPSA) is 66.6 Å². The number of nitrogens with zero attached hydrogens (tertiary/aromatic N) is 2. The highest BCUT2D eigenvalue weighted by Crippen LogP contribution is 2.44. The van der Waals surface area contributed by atoms with Crippen LogP contribution in [-0.2, 0) is 16.1 Å². The third-order valence-electron chi connectivity index (χ3n) is 5.67. The number of likely N-dealkylation sites (tertiary alicyclic amines) is 1. The Bertz CT molecular complexity index is 791. The summed E-state index contributed by atoms with van der Waals surface area (Å²) in [6.45, 7) is 3.06. The summed E-state index contributed by atoms with van der Waals surface area (Å²) >= 11 is 1.36. The van der Waals surface area contributed by atoms with Crippen LogP contribution in [-0.4, -0.2) is 33.7 Å². The zero-order valence-corrected chi connectivity index (χ0v) is 16.2. The number of carbonyl (C=O) groups excluding carboxylic acids is 2. The van der Waals surface area contributed by atoms with Gasteiger partial charge in [-0.15, -0.1) is 0 Å².